The quantitative estimate of drug-likeness (QED) is 0.631. The Morgan fingerprint density at radius 3 is 2.65 bits per heavy atom. The van der Waals surface area contributed by atoms with Gasteiger partial charge in [-0.05, 0) is 30.5 Å². The molecule has 0 saturated carbocycles. The van der Waals surface area contributed by atoms with Gasteiger partial charge < -0.3 is 10.4 Å². The number of carboxylic acids is 1. The Labute approximate surface area is 122 Å². The van der Waals surface area contributed by atoms with Crippen LogP contribution in [0.4, 0.5) is 5.82 Å². The Morgan fingerprint density at radius 2 is 1.95 bits per heavy atom. The zero-order valence-corrected chi connectivity index (χ0v) is 11.6. The molecule has 1 aromatic heterocycles. The molecule has 4 nitrogen and oxygen atoms in total. The zero-order valence-electron chi connectivity index (χ0n) is 10.8. The number of aryl methyl sites for hydroxylation is 1. The number of nitrogens with zero attached hydrogens (tertiary/aromatic N) is 1. The first-order valence-corrected chi connectivity index (χ1v) is 6.72. The van der Waals surface area contributed by atoms with Crippen LogP contribution in [0, 0.1) is 0 Å². The largest absolute Gasteiger partial charge is 0.478 e. The monoisotopic (exact) mass is 290 g/mol. The van der Waals surface area contributed by atoms with Gasteiger partial charge in [0.15, 0.2) is 0 Å². The number of carboxylic acid groups (broad SMARTS) is 1. The number of nitrogens with one attached hydrogen (secondary N) is 1. The van der Waals surface area contributed by atoms with Crippen LogP contribution < -0.4 is 5.32 Å². The van der Waals surface area contributed by atoms with Crippen LogP contribution in [0.2, 0.25) is 5.15 Å². The van der Waals surface area contributed by atoms with E-state index in [1.54, 1.807) is 0 Å². The standard InChI is InChI=1S/C15H15ClN2O2/c16-13-9-8-12(15(19)20)14(18-13)17-10-4-7-11-5-2-1-3-6-11/h1-3,5-6,8-9H,4,7,10H2,(H,17,18)(H,19,20). The molecule has 0 saturated heterocycles. The number of rotatable bonds is 6. The fourth-order valence-electron chi connectivity index (χ4n) is 1.89. The van der Waals surface area contributed by atoms with Crippen LogP contribution in [0.5, 0.6) is 0 Å². The minimum absolute atomic E-state index is 0.133. The predicted molar refractivity (Wildman–Crippen MR) is 79.5 cm³/mol. The molecule has 0 bridgehead atoms. The van der Waals surface area contributed by atoms with Crippen molar-refractivity contribution in [2.75, 3.05) is 11.9 Å². The van der Waals surface area contributed by atoms with Gasteiger partial charge in [0.2, 0.25) is 0 Å². The second kappa shape index (κ2) is 6.91. The van der Waals surface area contributed by atoms with Gasteiger partial charge in [-0.15, -0.1) is 0 Å². The molecule has 0 amide bonds. The van der Waals surface area contributed by atoms with Crippen LogP contribution >= 0.6 is 11.6 Å². The SMILES string of the molecule is O=C(O)c1ccc(Cl)nc1NCCCc1ccccc1. The maximum Gasteiger partial charge on any atom is 0.339 e. The molecule has 5 heteroatoms. The summed E-state index contributed by atoms with van der Waals surface area (Å²) < 4.78 is 0. The molecule has 104 valence electrons. The highest BCUT2D eigenvalue weighted by atomic mass is 35.5. The van der Waals surface area contributed by atoms with Crippen LogP contribution in [-0.4, -0.2) is 22.6 Å². The van der Waals surface area contributed by atoms with Crippen molar-refractivity contribution in [3.63, 3.8) is 0 Å². The first-order valence-electron chi connectivity index (χ1n) is 6.34. The van der Waals surface area contributed by atoms with Gasteiger partial charge in [0, 0.05) is 6.54 Å². The third-order valence-corrected chi connectivity index (χ3v) is 3.08. The van der Waals surface area contributed by atoms with Crippen molar-refractivity contribution < 1.29 is 9.90 Å². The van der Waals surface area contributed by atoms with Gasteiger partial charge in [-0.25, -0.2) is 9.78 Å². The minimum Gasteiger partial charge on any atom is -0.478 e. The van der Waals surface area contributed by atoms with Gasteiger partial charge in [0.05, 0.1) is 0 Å². The number of carbonyl (C=O) groups is 1. The van der Waals surface area contributed by atoms with Gasteiger partial charge in [-0.2, -0.15) is 0 Å². The number of benzene rings is 1. The zero-order chi connectivity index (χ0) is 14.4. The summed E-state index contributed by atoms with van der Waals surface area (Å²) in [5.41, 5.74) is 1.39. The Morgan fingerprint density at radius 1 is 1.20 bits per heavy atom. The van der Waals surface area contributed by atoms with Crippen molar-refractivity contribution in [3.8, 4) is 0 Å². The maximum absolute atomic E-state index is 11.1. The minimum atomic E-state index is -1.01. The smallest absolute Gasteiger partial charge is 0.339 e. The van der Waals surface area contributed by atoms with E-state index in [1.807, 2.05) is 18.2 Å². The summed E-state index contributed by atoms with van der Waals surface area (Å²) in [6.07, 6.45) is 1.81. The molecule has 0 unspecified atom stereocenters. The van der Waals surface area contributed by atoms with Gasteiger partial charge in [0.25, 0.3) is 0 Å². The Balaban J connectivity index is 1.91. The molecule has 0 spiro atoms. The highest BCUT2D eigenvalue weighted by molar-refractivity contribution is 6.29. The lowest BCUT2D eigenvalue weighted by Gasteiger charge is -2.08. The molecule has 0 radical (unpaired) electrons. The van der Waals surface area contributed by atoms with Crippen LogP contribution in [0.1, 0.15) is 22.3 Å². The van der Waals surface area contributed by atoms with Crippen LogP contribution in [0.25, 0.3) is 0 Å². The third-order valence-electron chi connectivity index (χ3n) is 2.87. The van der Waals surface area contributed by atoms with Crippen LogP contribution in [0.3, 0.4) is 0 Å². The highest BCUT2D eigenvalue weighted by Gasteiger charge is 2.11. The fraction of sp³-hybridized carbons (Fsp3) is 0.200. The number of hydrogen-bond acceptors (Lipinski definition) is 3. The fourth-order valence-corrected chi connectivity index (χ4v) is 2.03. The first kappa shape index (κ1) is 14.3. The van der Waals surface area contributed by atoms with Gasteiger partial charge in [-0.1, -0.05) is 41.9 Å². The van der Waals surface area contributed by atoms with Crippen molar-refractivity contribution in [2.24, 2.45) is 0 Å². The molecule has 2 aromatic rings. The molecule has 0 fully saturated rings. The van der Waals surface area contributed by atoms with E-state index in [2.05, 4.69) is 22.4 Å². The number of aromatic nitrogens is 1. The summed E-state index contributed by atoms with van der Waals surface area (Å²) in [5.74, 6) is -0.696. The number of hydrogen-bond donors (Lipinski definition) is 2. The second-order valence-electron chi connectivity index (χ2n) is 4.35. The molecular weight excluding hydrogens is 276 g/mol. The van der Waals surface area contributed by atoms with E-state index in [0.717, 1.165) is 12.8 Å². The summed E-state index contributed by atoms with van der Waals surface area (Å²) >= 11 is 5.79. The molecule has 0 aliphatic heterocycles. The van der Waals surface area contributed by atoms with Crippen molar-refractivity contribution >= 4 is 23.4 Å². The van der Waals surface area contributed by atoms with Crippen molar-refractivity contribution in [2.45, 2.75) is 12.8 Å². The van der Waals surface area contributed by atoms with E-state index < -0.39 is 5.97 Å². The average molecular weight is 291 g/mol. The Bertz CT molecular complexity index is 588. The van der Waals surface area contributed by atoms with Gasteiger partial charge in [0.1, 0.15) is 16.5 Å². The summed E-state index contributed by atoms with van der Waals surface area (Å²) in [4.78, 5) is 15.1. The molecular formula is C15H15ClN2O2. The normalized spacial score (nSPS) is 10.2. The molecule has 1 heterocycles. The van der Waals surface area contributed by atoms with Crippen molar-refractivity contribution in [1.29, 1.82) is 0 Å². The molecule has 2 rings (SSSR count). The van der Waals surface area contributed by atoms with E-state index in [1.165, 1.54) is 17.7 Å². The summed E-state index contributed by atoms with van der Waals surface area (Å²) in [6.45, 7) is 0.641. The number of anilines is 1. The highest BCUT2D eigenvalue weighted by Crippen LogP contribution is 2.16. The topological polar surface area (TPSA) is 62.2 Å². The summed E-state index contributed by atoms with van der Waals surface area (Å²) in [7, 11) is 0. The average Bonchev–Trinajstić information content (AvgIpc) is 2.44. The van der Waals surface area contributed by atoms with E-state index in [4.69, 9.17) is 16.7 Å². The first-order chi connectivity index (χ1) is 9.66. The van der Waals surface area contributed by atoms with E-state index >= 15 is 0 Å². The number of pyridine rings is 1. The lowest BCUT2D eigenvalue weighted by atomic mass is 10.1. The lowest BCUT2D eigenvalue weighted by molar-refractivity contribution is 0.0697. The number of aromatic carboxylic acids is 1. The van der Waals surface area contributed by atoms with Crippen LogP contribution in [-0.2, 0) is 6.42 Å². The van der Waals surface area contributed by atoms with E-state index in [9.17, 15) is 4.79 Å². The summed E-state index contributed by atoms with van der Waals surface area (Å²) in [5, 5.41) is 12.4. The summed E-state index contributed by atoms with van der Waals surface area (Å²) in [6, 6.07) is 13.1. The third kappa shape index (κ3) is 3.96. The Kier molecular flexibility index (Phi) is 4.96. The molecule has 0 atom stereocenters. The van der Waals surface area contributed by atoms with Crippen molar-refractivity contribution in [1.82, 2.24) is 4.98 Å². The molecule has 20 heavy (non-hydrogen) atoms. The van der Waals surface area contributed by atoms with Gasteiger partial charge >= 0.3 is 5.97 Å². The number of halogens is 1. The van der Waals surface area contributed by atoms with Crippen LogP contribution in [0.15, 0.2) is 42.5 Å². The van der Waals surface area contributed by atoms with E-state index in [0.29, 0.717) is 12.4 Å². The maximum atomic E-state index is 11.1. The molecule has 0 aliphatic rings. The lowest BCUT2D eigenvalue weighted by Crippen LogP contribution is -2.10. The second-order valence-corrected chi connectivity index (χ2v) is 4.74. The molecule has 0 aliphatic carbocycles. The Hall–Kier alpha value is -2.07. The van der Waals surface area contributed by atoms with Crippen molar-refractivity contribution in [3.05, 3.63) is 58.7 Å². The van der Waals surface area contributed by atoms with E-state index in [-0.39, 0.29) is 10.7 Å². The molecule has 2 N–H and O–H groups in total. The predicted octanol–water partition coefficient (Wildman–Crippen LogP) is 3.48. The van der Waals surface area contributed by atoms with Gasteiger partial charge in [-0.3, -0.25) is 0 Å². The molecule has 1 aromatic carbocycles.